The number of aliphatic carboxylic acids is 1. The van der Waals surface area contributed by atoms with E-state index < -0.39 is 5.97 Å². The summed E-state index contributed by atoms with van der Waals surface area (Å²) in [7, 11) is 0. The van der Waals surface area contributed by atoms with Crippen LogP contribution in [0.15, 0.2) is 23.6 Å². The van der Waals surface area contributed by atoms with Gasteiger partial charge in [0.1, 0.15) is 0 Å². The summed E-state index contributed by atoms with van der Waals surface area (Å²) in [5.41, 5.74) is 4.41. The molecule has 1 fully saturated rings. The molecule has 6 heteroatoms. The maximum Gasteiger partial charge on any atom is 0.303 e. The first kappa shape index (κ1) is 22.6. The molecule has 1 aromatic carbocycles. The van der Waals surface area contributed by atoms with Gasteiger partial charge >= 0.3 is 5.97 Å². The topological polar surface area (TPSA) is 65.5 Å². The zero-order valence-corrected chi connectivity index (χ0v) is 19.6. The summed E-state index contributed by atoms with van der Waals surface area (Å²) in [5, 5.41) is 15.9. The number of anilines is 3. The summed E-state index contributed by atoms with van der Waals surface area (Å²) >= 11 is 1.65. The molecule has 1 heterocycles. The minimum Gasteiger partial charge on any atom is -0.481 e. The Bertz CT molecular complexity index is 848. The minimum atomic E-state index is -0.767. The molecule has 1 saturated carbocycles. The van der Waals surface area contributed by atoms with Crippen molar-refractivity contribution in [2.45, 2.75) is 65.7 Å². The molecule has 1 unspecified atom stereocenters. The fraction of sp³-hybridized carbons (Fsp3) is 0.583. The number of carboxylic acids is 1. The van der Waals surface area contributed by atoms with Crippen LogP contribution in [0.2, 0.25) is 0 Å². The van der Waals surface area contributed by atoms with Crippen LogP contribution in [0.4, 0.5) is 16.5 Å². The Kier molecular flexibility index (Phi) is 7.40. The highest BCUT2D eigenvalue weighted by molar-refractivity contribution is 7.13. The molecule has 1 aromatic heterocycles. The van der Waals surface area contributed by atoms with Gasteiger partial charge in [0.2, 0.25) is 0 Å². The smallest absolute Gasteiger partial charge is 0.303 e. The normalized spacial score (nSPS) is 14.9. The highest BCUT2D eigenvalue weighted by atomic mass is 32.1. The van der Waals surface area contributed by atoms with Gasteiger partial charge in [-0.3, -0.25) is 4.79 Å². The van der Waals surface area contributed by atoms with Gasteiger partial charge in [0, 0.05) is 24.4 Å². The molecule has 0 amide bonds. The second kappa shape index (κ2) is 9.82. The van der Waals surface area contributed by atoms with Gasteiger partial charge in [-0.15, -0.1) is 11.3 Å². The minimum absolute atomic E-state index is 0.0425. The third kappa shape index (κ3) is 6.21. The Labute approximate surface area is 184 Å². The Balaban J connectivity index is 1.94. The van der Waals surface area contributed by atoms with E-state index in [0.29, 0.717) is 17.8 Å². The number of rotatable bonds is 11. The number of nitrogens with zero attached hydrogens (tertiary/aromatic N) is 2. The standard InChI is InChI=1S/C24H35N3O2S/c1-15(2)12-27(13-16(3)4)22-9-8-19(17(5)10-23(28)29)11-20(22)25-24-26-21(14-30-24)18-6-7-18/h8-9,11,14-18H,6-7,10,12-13H2,1-5H3,(H,25,26)(H,28,29). The van der Waals surface area contributed by atoms with Gasteiger partial charge in [0.05, 0.1) is 23.5 Å². The van der Waals surface area contributed by atoms with Gasteiger partial charge in [0.15, 0.2) is 5.13 Å². The number of carboxylic acid groups (broad SMARTS) is 1. The van der Waals surface area contributed by atoms with Crippen molar-refractivity contribution < 1.29 is 9.90 Å². The van der Waals surface area contributed by atoms with Gasteiger partial charge in [-0.1, -0.05) is 40.7 Å². The summed E-state index contributed by atoms with van der Waals surface area (Å²) in [6.45, 7) is 12.9. The largest absolute Gasteiger partial charge is 0.481 e. The van der Waals surface area contributed by atoms with Crippen LogP contribution in [0.5, 0.6) is 0 Å². The zero-order chi connectivity index (χ0) is 21.8. The molecule has 1 aliphatic carbocycles. The average Bonchev–Trinajstić information content (AvgIpc) is 3.39. The van der Waals surface area contributed by atoms with E-state index in [1.54, 1.807) is 11.3 Å². The molecule has 2 aromatic rings. The predicted octanol–water partition coefficient (Wildman–Crippen LogP) is 6.46. The van der Waals surface area contributed by atoms with Crippen molar-refractivity contribution >= 4 is 33.8 Å². The monoisotopic (exact) mass is 429 g/mol. The molecule has 30 heavy (non-hydrogen) atoms. The Morgan fingerprint density at radius 3 is 2.43 bits per heavy atom. The van der Waals surface area contributed by atoms with Crippen molar-refractivity contribution in [3.63, 3.8) is 0 Å². The molecule has 0 bridgehead atoms. The quantitative estimate of drug-likeness (QED) is 0.429. The Hall–Kier alpha value is -2.08. The third-order valence-corrected chi connectivity index (χ3v) is 6.12. The van der Waals surface area contributed by atoms with Crippen LogP contribution in [-0.2, 0) is 4.79 Å². The molecular formula is C24H35N3O2S. The van der Waals surface area contributed by atoms with Crippen molar-refractivity contribution in [2.24, 2.45) is 11.8 Å². The lowest BCUT2D eigenvalue weighted by Crippen LogP contribution is -2.31. The number of carbonyl (C=O) groups is 1. The molecule has 0 saturated heterocycles. The first-order valence-corrected chi connectivity index (χ1v) is 11.9. The highest BCUT2D eigenvalue weighted by Crippen LogP contribution is 2.42. The number of hydrogen-bond acceptors (Lipinski definition) is 5. The second-order valence-electron chi connectivity index (χ2n) is 9.44. The lowest BCUT2D eigenvalue weighted by atomic mass is 9.96. The highest BCUT2D eigenvalue weighted by Gasteiger charge is 2.26. The van der Waals surface area contributed by atoms with E-state index in [2.05, 4.69) is 61.5 Å². The van der Waals surface area contributed by atoms with E-state index in [9.17, 15) is 9.90 Å². The predicted molar refractivity (Wildman–Crippen MR) is 126 cm³/mol. The number of nitrogens with one attached hydrogen (secondary N) is 1. The van der Waals surface area contributed by atoms with Crippen molar-refractivity contribution in [3.8, 4) is 0 Å². The van der Waals surface area contributed by atoms with E-state index >= 15 is 0 Å². The fourth-order valence-electron chi connectivity index (χ4n) is 3.79. The summed E-state index contributed by atoms with van der Waals surface area (Å²) in [4.78, 5) is 18.5. The summed E-state index contributed by atoms with van der Waals surface area (Å²) < 4.78 is 0. The molecule has 1 aliphatic rings. The number of benzene rings is 1. The maximum atomic E-state index is 11.2. The van der Waals surface area contributed by atoms with Crippen molar-refractivity contribution in [2.75, 3.05) is 23.3 Å². The van der Waals surface area contributed by atoms with Crippen LogP contribution in [0.25, 0.3) is 0 Å². The molecule has 0 radical (unpaired) electrons. The van der Waals surface area contributed by atoms with Gasteiger partial charge in [-0.2, -0.15) is 0 Å². The van der Waals surface area contributed by atoms with Crippen LogP contribution in [0.3, 0.4) is 0 Å². The number of aromatic nitrogens is 1. The summed E-state index contributed by atoms with van der Waals surface area (Å²) in [5.74, 6) is 0.916. The molecule has 1 atom stereocenters. The maximum absolute atomic E-state index is 11.2. The molecular weight excluding hydrogens is 394 g/mol. The van der Waals surface area contributed by atoms with Crippen molar-refractivity contribution in [3.05, 3.63) is 34.8 Å². The van der Waals surface area contributed by atoms with Gasteiger partial charge in [-0.05, 0) is 48.3 Å². The lowest BCUT2D eigenvalue weighted by molar-refractivity contribution is -0.137. The molecule has 0 aliphatic heterocycles. The SMILES string of the molecule is CC(C)CN(CC(C)C)c1ccc(C(C)CC(=O)O)cc1Nc1nc(C2CC2)cs1. The van der Waals surface area contributed by atoms with E-state index in [1.807, 2.05) is 6.92 Å². The average molecular weight is 430 g/mol. The Morgan fingerprint density at radius 2 is 1.87 bits per heavy atom. The summed E-state index contributed by atoms with van der Waals surface area (Å²) in [6.07, 6.45) is 2.61. The molecule has 2 N–H and O–H groups in total. The summed E-state index contributed by atoms with van der Waals surface area (Å²) in [6, 6.07) is 6.35. The molecule has 164 valence electrons. The Morgan fingerprint density at radius 1 is 1.20 bits per heavy atom. The fourth-order valence-corrected chi connectivity index (χ4v) is 4.60. The first-order chi connectivity index (χ1) is 14.2. The van der Waals surface area contributed by atoms with Crippen LogP contribution in [0.1, 0.15) is 77.0 Å². The van der Waals surface area contributed by atoms with E-state index in [-0.39, 0.29) is 12.3 Å². The first-order valence-electron chi connectivity index (χ1n) is 11.1. The van der Waals surface area contributed by atoms with Gasteiger partial charge < -0.3 is 15.3 Å². The molecule has 5 nitrogen and oxygen atoms in total. The van der Waals surface area contributed by atoms with Gasteiger partial charge in [0.25, 0.3) is 0 Å². The van der Waals surface area contributed by atoms with Crippen molar-refractivity contribution in [1.82, 2.24) is 4.98 Å². The zero-order valence-electron chi connectivity index (χ0n) is 18.8. The molecule has 3 rings (SSSR count). The van der Waals surface area contributed by atoms with Crippen LogP contribution in [0, 0.1) is 11.8 Å². The number of hydrogen-bond donors (Lipinski definition) is 2. The van der Waals surface area contributed by atoms with Crippen LogP contribution in [-0.4, -0.2) is 29.1 Å². The van der Waals surface area contributed by atoms with Gasteiger partial charge in [-0.25, -0.2) is 4.98 Å². The lowest BCUT2D eigenvalue weighted by Gasteiger charge is -2.31. The van der Waals surface area contributed by atoms with E-state index in [1.165, 1.54) is 18.5 Å². The van der Waals surface area contributed by atoms with E-state index in [0.717, 1.165) is 35.2 Å². The molecule has 0 spiro atoms. The van der Waals surface area contributed by atoms with E-state index in [4.69, 9.17) is 4.98 Å². The third-order valence-electron chi connectivity index (χ3n) is 5.34. The van der Waals surface area contributed by atoms with Crippen LogP contribution >= 0.6 is 11.3 Å². The van der Waals surface area contributed by atoms with Crippen molar-refractivity contribution in [1.29, 1.82) is 0 Å². The van der Waals surface area contributed by atoms with Crippen LogP contribution < -0.4 is 10.2 Å². The second-order valence-corrected chi connectivity index (χ2v) is 10.3. The number of thiazole rings is 1.